The average Bonchev–Trinajstić information content (AvgIpc) is 3.11. The SMILES string of the molecule is O=C1OC[C@H](c2ccc(F)cn2)N1c1ccn2ncc(Br)c2n1. The molecule has 1 saturated heterocycles. The molecule has 0 unspecified atom stereocenters. The van der Waals surface area contributed by atoms with Gasteiger partial charge in [0.15, 0.2) is 5.65 Å². The molecule has 0 spiro atoms. The van der Waals surface area contributed by atoms with E-state index in [0.29, 0.717) is 21.6 Å². The van der Waals surface area contributed by atoms with E-state index >= 15 is 0 Å². The summed E-state index contributed by atoms with van der Waals surface area (Å²) in [5, 5.41) is 4.11. The topological polar surface area (TPSA) is 72.6 Å². The van der Waals surface area contributed by atoms with Gasteiger partial charge >= 0.3 is 6.09 Å². The Morgan fingerprint density at radius 3 is 2.96 bits per heavy atom. The standard InChI is InChI=1S/C14H9BrFN5O2/c15-9-6-18-20-4-3-12(19-13(9)20)21-11(7-23-14(21)22)10-2-1-8(16)5-17-10/h1-6,11H,7H2/t11-/m1/s1. The first-order chi connectivity index (χ1) is 11.1. The number of nitrogens with zero attached hydrogens (tertiary/aromatic N) is 5. The fourth-order valence-electron chi connectivity index (χ4n) is 2.44. The normalized spacial score (nSPS) is 17.7. The molecule has 1 amide bonds. The molecule has 1 atom stereocenters. The van der Waals surface area contributed by atoms with E-state index in [9.17, 15) is 9.18 Å². The number of aromatic nitrogens is 4. The van der Waals surface area contributed by atoms with Crippen LogP contribution in [-0.4, -0.2) is 32.3 Å². The smallest absolute Gasteiger partial charge is 0.416 e. The molecule has 9 heteroatoms. The highest BCUT2D eigenvalue weighted by Crippen LogP contribution is 2.31. The molecule has 4 heterocycles. The molecule has 0 bridgehead atoms. The molecule has 3 aromatic heterocycles. The maximum absolute atomic E-state index is 13.1. The lowest BCUT2D eigenvalue weighted by molar-refractivity contribution is 0.178. The Bertz CT molecular complexity index is 898. The van der Waals surface area contributed by atoms with Crippen molar-refractivity contribution in [2.24, 2.45) is 0 Å². The van der Waals surface area contributed by atoms with E-state index in [2.05, 4.69) is 31.0 Å². The second-order valence-electron chi connectivity index (χ2n) is 4.91. The quantitative estimate of drug-likeness (QED) is 0.686. The number of hydrogen-bond acceptors (Lipinski definition) is 5. The summed E-state index contributed by atoms with van der Waals surface area (Å²) >= 11 is 3.36. The van der Waals surface area contributed by atoms with Crippen LogP contribution in [-0.2, 0) is 4.74 Å². The van der Waals surface area contributed by atoms with Gasteiger partial charge < -0.3 is 4.74 Å². The van der Waals surface area contributed by atoms with E-state index in [0.717, 1.165) is 6.20 Å². The van der Waals surface area contributed by atoms with Crippen molar-refractivity contribution in [3.05, 3.63) is 52.8 Å². The summed E-state index contributed by atoms with van der Waals surface area (Å²) in [7, 11) is 0. The van der Waals surface area contributed by atoms with Gasteiger partial charge in [-0.1, -0.05) is 0 Å². The third-order valence-corrected chi connectivity index (χ3v) is 4.08. The predicted molar refractivity (Wildman–Crippen MR) is 81.5 cm³/mol. The maximum Gasteiger partial charge on any atom is 0.416 e. The van der Waals surface area contributed by atoms with Gasteiger partial charge in [0.2, 0.25) is 0 Å². The second-order valence-corrected chi connectivity index (χ2v) is 5.76. The van der Waals surface area contributed by atoms with Crippen LogP contribution in [0.15, 0.2) is 41.3 Å². The number of pyridine rings is 1. The van der Waals surface area contributed by atoms with Crippen molar-refractivity contribution in [1.82, 2.24) is 19.6 Å². The van der Waals surface area contributed by atoms with Gasteiger partial charge in [0.1, 0.15) is 24.3 Å². The number of rotatable bonds is 2. The molecule has 0 aliphatic carbocycles. The molecule has 0 N–H and O–H groups in total. The van der Waals surface area contributed by atoms with Gasteiger partial charge in [-0.05, 0) is 34.1 Å². The van der Waals surface area contributed by atoms with E-state index in [1.807, 2.05) is 0 Å². The highest BCUT2D eigenvalue weighted by atomic mass is 79.9. The Kier molecular flexibility index (Phi) is 3.22. The number of amides is 1. The summed E-state index contributed by atoms with van der Waals surface area (Å²) in [5.74, 6) is -0.0226. The highest BCUT2D eigenvalue weighted by molar-refractivity contribution is 9.10. The van der Waals surface area contributed by atoms with Crippen molar-refractivity contribution in [3.63, 3.8) is 0 Å². The summed E-state index contributed by atoms with van der Waals surface area (Å²) in [6.07, 6.45) is 3.91. The number of cyclic esters (lactones) is 1. The summed E-state index contributed by atoms with van der Waals surface area (Å²) in [4.78, 5) is 22.0. The van der Waals surface area contributed by atoms with E-state index in [4.69, 9.17) is 4.74 Å². The second kappa shape index (κ2) is 5.27. The zero-order chi connectivity index (χ0) is 16.0. The van der Waals surface area contributed by atoms with Crippen LogP contribution in [0.4, 0.5) is 15.0 Å². The molecule has 0 radical (unpaired) electrons. The monoisotopic (exact) mass is 377 g/mol. The first kappa shape index (κ1) is 14.1. The molecule has 7 nitrogen and oxygen atoms in total. The molecule has 0 aromatic carbocycles. The van der Waals surface area contributed by atoms with Crippen LogP contribution < -0.4 is 4.90 Å². The van der Waals surface area contributed by atoms with E-state index in [1.54, 1.807) is 23.0 Å². The molecule has 3 aromatic rings. The molecular formula is C14H9BrFN5O2. The minimum Gasteiger partial charge on any atom is -0.446 e. The Morgan fingerprint density at radius 1 is 1.30 bits per heavy atom. The highest BCUT2D eigenvalue weighted by Gasteiger charge is 2.37. The first-order valence-corrected chi connectivity index (χ1v) is 7.50. The number of ether oxygens (including phenoxy) is 1. The lowest BCUT2D eigenvalue weighted by Crippen LogP contribution is -2.28. The zero-order valence-corrected chi connectivity index (χ0v) is 13.1. The van der Waals surface area contributed by atoms with Crippen LogP contribution >= 0.6 is 15.9 Å². The van der Waals surface area contributed by atoms with E-state index in [1.165, 1.54) is 17.0 Å². The van der Waals surface area contributed by atoms with Crippen LogP contribution in [0.25, 0.3) is 5.65 Å². The predicted octanol–water partition coefficient (Wildman–Crippen LogP) is 2.72. The molecule has 23 heavy (non-hydrogen) atoms. The van der Waals surface area contributed by atoms with Crippen LogP contribution in [0.5, 0.6) is 0 Å². The van der Waals surface area contributed by atoms with Gasteiger partial charge in [-0.2, -0.15) is 5.10 Å². The van der Waals surface area contributed by atoms with E-state index < -0.39 is 18.0 Å². The molecule has 4 rings (SSSR count). The lowest BCUT2D eigenvalue weighted by atomic mass is 10.2. The van der Waals surface area contributed by atoms with Crippen LogP contribution in [0.3, 0.4) is 0 Å². The largest absolute Gasteiger partial charge is 0.446 e. The maximum atomic E-state index is 13.1. The van der Waals surface area contributed by atoms with Crippen LogP contribution in [0.1, 0.15) is 11.7 Å². The minimum atomic E-state index is -0.520. The molecule has 116 valence electrons. The Morgan fingerprint density at radius 2 is 2.17 bits per heavy atom. The lowest BCUT2D eigenvalue weighted by Gasteiger charge is -2.19. The number of fused-ring (bicyclic) bond motifs is 1. The van der Waals surface area contributed by atoms with Crippen molar-refractivity contribution in [2.75, 3.05) is 11.5 Å². The molecule has 1 fully saturated rings. The first-order valence-electron chi connectivity index (χ1n) is 6.71. The van der Waals surface area contributed by atoms with Crippen LogP contribution in [0.2, 0.25) is 0 Å². The van der Waals surface area contributed by atoms with Crippen molar-refractivity contribution in [1.29, 1.82) is 0 Å². The Hall–Kier alpha value is -2.55. The number of carbonyl (C=O) groups is 1. The average molecular weight is 378 g/mol. The van der Waals surface area contributed by atoms with Gasteiger partial charge in [0.05, 0.1) is 22.6 Å². The molecule has 1 aliphatic rings. The minimum absolute atomic E-state index is 0.130. The van der Waals surface area contributed by atoms with Crippen LogP contribution in [0, 0.1) is 5.82 Å². The molecule has 1 aliphatic heterocycles. The number of halogens is 2. The van der Waals surface area contributed by atoms with Gasteiger partial charge in [-0.3, -0.25) is 4.98 Å². The Labute approximate surface area is 137 Å². The van der Waals surface area contributed by atoms with Gasteiger partial charge in [0.25, 0.3) is 0 Å². The van der Waals surface area contributed by atoms with Crippen molar-refractivity contribution < 1.29 is 13.9 Å². The van der Waals surface area contributed by atoms with Crippen molar-refractivity contribution in [2.45, 2.75) is 6.04 Å². The van der Waals surface area contributed by atoms with Crippen molar-refractivity contribution >= 4 is 33.5 Å². The van der Waals surface area contributed by atoms with Gasteiger partial charge in [-0.15, -0.1) is 0 Å². The fraction of sp³-hybridized carbons (Fsp3) is 0.143. The summed E-state index contributed by atoms with van der Waals surface area (Å²) in [6.45, 7) is 0.130. The number of anilines is 1. The summed E-state index contributed by atoms with van der Waals surface area (Å²) in [5.41, 5.74) is 1.11. The van der Waals surface area contributed by atoms with Gasteiger partial charge in [0, 0.05) is 6.20 Å². The number of hydrogen-bond donors (Lipinski definition) is 0. The number of carbonyl (C=O) groups excluding carboxylic acids is 1. The van der Waals surface area contributed by atoms with Crippen molar-refractivity contribution in [3.8, 4) is 0 Å². The van der Waals surface area contributed by atoms with Gasteiger partial charge in [-0.25, -0.2) is 23.6 Å². The van der Waals surface area contributed by atoms with E-state index in [-0.39, 0.29) is 6.61 Å². The fourth-order valence-corrected chi connectivity index (χ4v) is 2.80. The third-order valence-electron chi connectivity index (χ3n) is 3.52. The summed E-state index contributed by atoms with van der Waals surface area (Å²) < 4.78 is 20.5. The third kappa shape index (κ3) is 2.33. The Balaban J connectivity index is 1.78. The molecular weight excluding hydrogens is 369 g/mol. The summed E-state index contributed by atoms with van der Waals surface area (Å²) in [6, 6.07) is 4.03. The zero-order valence-electron chi connectivity index (χ0n) is 11.6. The molecule has 0 saturated carbocycles.